The van der Waals surface area contributed by atoms with Crippen LogP contribution in [0, 0.1) is 0 Å². The van der Waals surface area contributed by atoms with Crippen LogP contribution in [0.2, 0.25) is 5.02 Å². The first-order chi connectivity index (χ1) is 14.6. The third kappa shape index (κ3) is 4.48. The standard InChI is InChI=1S/C24H30ClN3O2/c1-27-11-13-28(14-12-27)22-8-3-2-5-19(22)18-26-23(29)24(9-15-30-16-10-24)20-6-4-7-21(25)17-20/h2-8,17H,9-16,18H2,1H3,(H,26,29). The van der Waals surface area contributed by atoms with Crippen molar-refractivity contribution in [2.75, 3.05) is 51.3 Å². The van der Waals surface area contributed by atoms with E-state index in [1.165, 1.54) is 5.69 Å². The molecule has 0 aromatic heterocycles. The molecule has 0 aliphatic carbocycles. The van der Waals surface area contributed by atoms with Gasteiger partial charge in [0.1, 0.15) is 0 Å². The quantitative estimate of drug-likeness (QED) is 0.793. The summed E-state index contributed by atoms with van der Waals surface area (Å²) in [5, 5.41) is 3.90. The molecular weight excluding hydrogens is 398 g/mol. The van der Waals surface area contributed by atoms with Crippen molar-refractivity contribution in [2.24, 2.45) is 0 Å². The molecular formula is C24H30ClN3O2. The van der Waals surface area contributed by atoms with Gasteiger partial charge < -0.3 is 19.9 Å². The van der Waals surface area contributed by atoms with Crippen LogP contribution in [-0.2, 0) is 21.5 Å². The first-order valence-electron chi connectivity index (χ1n) is 10.7. The summed E-state index contributed by atoms with van der Waals surface area (Å²) in [7, 11) is 2.16. The fourth-order valence-corrected chi connectivity index (χ4v) is 4.70. The third-order valence-corrected chi connectivity index (χ3v) is 6.67. The van der Waals surface area contributed by atoms with Gasteiger partial charge in [0.15, 0.2) is 0 Å². The van der Waals surface area contributed by atoms with Crippen LogP contribution in [0.3, 0.4) is 0 Å². The first-order valence-corrected chi connectivity index (χ1v) is 11.1. The number of halogens is 1. The maximum Gasteiger partial charge on any atom is 0.231 e. The van der Waals surface area contributed by atoms with Gasteiger partial charge in [0.25, 0.3) is 0 Å². The highest BCUT2D eigenvalue weighted by molar-refractivity contribution is 6.30. The number of rotatable bonds is 5. The van der Waals surface area contributed by atoms with Gasteiger partial charge in [-0.1, -0.05) is 41.9 Å². The summed E-state index contributed by atoms with van der Waals surface area (Å²) in [6, 6.07) is 16.1. The molecule has 1 amide bonds. The molecule has 0 bridgehead atoms. The Morgan fingerprint density at radius 2 is 1.80 bits per heavy atom. The summed E-state index contributed by atoms with van der Waals surface area (Å²) in [4.78, 5) is 18.3. The van der Waals surface area contributed by atoms with Gasteiger partial charge in [-0.3, -0.25) is 4.79 Å². The van der Waals surface area contributed by atoms with Crippen molar-refractivity contribution in [1.29, 1.82) is 0 Å². The van der Waals surface area contributed by atoms with Crippen molar-refractivity contribution in [3.8, 4) is 0 Å². The molecule has 4 rings (SSSR count). The summed E-state index contributed by atoms with van der Waals surface area (Å²) in [6.45, 7) is 5.80. The molecule has 0 radical (unpaired) electrons. The Labute approximate surface area is 184 Å². The van der Waals surface area contributed by atoms with E-state index in [9.17, 15) is 4.79 Å². The van der Waals surface area contributed by atoms with Gasteiger partial charge in [-0.2, -0.15) is 0 Å². The molecule has 2 heterocycles. The molecule has 2 saturated heterocycles. The fourth-order valence-electron chi connectivity index (χ4n) is 4.51. The Bertz CT molecular complexity index is 874. The van der Waals surface area contributed by atoms with Gasteiger partial charge >= 0.3 is 0 Å². The Balaban J connectivity index is 1.52. The van der Waals surface area contributed by atoms with Crippen molar-refractivity contribution in [2.45, 2.75) is 24.8 Å². The molecule has 2 aliphatic rings. The number of ether oxygens (including phenoxy) is 1. The molecule has 0 spiro atoms. The molecule has 5 nitrogen and oxygen atoms in total. The lowest BCUT2D eigenvalue weighted by Crippen LogP contribution is -2.48. The van der Waals surface area contributed by atoms with Crippen molar-refractivity contribution in [3.05, 3.63) is 64.7 Å². The van der Waals surface area contributed by atoms with Crippen molar-refractivity contribution >= 4 is 23.2 Å². The Kier molecular flexibility index (Phi) is 6.61. The number of piperazine rings is 1. The molecule has 0 atom stereocenters. The van der Waals surface area contributed by atoms with Crippen LogP contribution in [0.5, 0.6) is 0 Å². The molecule has 2 aromatic rings. The predicted molar refractivity (Wildman–Crippen MR) is 121 cm³/mol. The maximum atomic E-state index is 13.5. The second-order valence-electron chi connectivity index (χ2n) is 8.31. The lowest BCUT2D eigenvalue weighted by molar-refractivity contribution is -0.130. The normalized spacial score (nSPS) is 19.5. The summed E-state index contributed by atoms with van der Waals surface area (Å²) >= 11 is 6.25. The molecule has 0 unspecified atom stereocenters. The molecule has 6 heteroatoms. The van der Waals surface area contributed by atoms with E-state index in [-0.39, 0.29) is 5.91 Å². The number of likely N-dealkylation sites (N-methyl/N-ethyl adjacent to an activating group) is 1. The van der Waals surface area contributed by atoms with E-state index in [1.54, 1.807) is 0 Å². The van der Waals surface area contributed by atoms with E-state index in [2.05, 4.69) is 40.4 Å². The number of carbonyl (C=O) groups excluding carboxylic acids is 1. The average molecular weight is 428 g/mol. The highest BCUT2D eigenvalue weighted by atomic mass is 35.5. The van der Waals surface area contributed by atoms with E-state index in [1.807, 2.05) is 30.3 Å². The van der Waals surface area contributed by atoms with Crippen molar-refractivity contribution in [1.82, 2.24) is 10.2 Å². The maximum absolute atomic E-state index is 13.5. The lowest BCUT2D eigenvalue weighted by atomic mass is 9.73. The Morgan fingerprint density at radius 1 is 1.07 bits per heavy atom. The van der Waals surface area contributed by atoms with Gasteiger partial charge in [0.2, 0.25) is 5.91 Å². The fraction of sp³-hybridized carbons (Fsp3) is 0.458. The number of nitrogens with zero attached hydrogens (tertiary/aromatic N) is 2. The third-order valence-electron chi connectivity index (χ3n) is 6.43. The largest absolute Gasteiger partial charge is 0.381 e. The zero-order valence-electron chi connectivity index (χ0n) is 17.6. The minimum absolute atomic E-state index is 0.0567. The highest BCUT2D eigenvalue weighted by Gasteiger charge is 2.41. The number of amides is 1. The molecule has 160 valence electrons. The highest BCUT2D eigenvalue weighted by Crippen LogP contribution is 2.36. The van der Waals surface area contributed by atoms with Crippen LogP contribution in [0.15, 0.2) is 48.5 Å². The number of carbonyl (C=O) groups is 1. The monoisotopic (exact) mass is 427 g/mol. The summed E-state index contributed by atoms with van der Waals surface area (Å²) in [5.41, 5.74) is 2.76. The van der Waals surface area contributed by atoms with Crippen LogP contribution in [0.25, 0.3) is 0 Å². The Morgan fingerprint density at radius 3 is 2.53 bits per heavy atom. The number of hydrogen-bond acceptors (Lipinski definition) is 4. The van der Waals surface area contributed by atoms with Crippen LogP contribution < -0.4 is 10.2 Å². The number of para-hydroxylation sites is 1. The second kappa shape index (κ2) is 9.38. The lowest BCUT2D eigenvalue weighted by Gasteiger charge is -2.37. The van der Waals surface area contributed by atoms with Gasteiger partial charge in [0.05, 0.1) is 5.41 Å². The van der Waals surface area contributed by atoms with Crippen molar-refractivity contribution in [3.63, 3.8) is 0 Å². The summed E-state index contributed by atoms with van der Waals surface area (Å²) < 4.78 is 5.57. The minimum Gasteiger partial charge on any atom is -0.381 e. The van der Waals surface area contributed by atoms with Crippen LogP contribution in [0.1, 0.15) is 24.0 Å². The first kappa shape index (κ1) is 21.2. The minimum atomic E-state index is -0.591. The number of benzene rings is 2. The van der Waals surface area contributed by atoms with Crippen LogP contribution in [-0.4, -0.2) is 57.2 Å². The van der Waals surface area contributed by atoms with Gasteiger partial charge in [-0.05, 0) is 49.2 Å². The van der Waals surface area contributed by atoms with Crippen molar-refractivity contribution < 1.29 is 9.53 Å². The van der Waals surface area contributed by atoms with E-state index in [0.717, 1.165) is 37.3 Å². The van der Waals surface area contributed by atoms with E-state index < -0.39 is 5.41 Å². The number of hydrogen-bond donors (Lipinski definition) is 1. The number of nitrogens with one attached hydrogen (secondary N) is 1. The van der Waals surface area contributed by atoms with E-state index in [0.29, 0.717) is 37.6 Å². The van der Waals surface area contributed by atoms with Crippen LogP contribution in [0.4, 0.5) is 5.69 Å². The molecule has 2 fully saturated rings. The smallest absolute Gasteiger partial charge is 0.231 e. The molecule has 2 aliphatic heterocycles. The summed E-state index contributed by atoms with van der Waals surface area (Å²) in [6.07, 6.45) is 1.33. The zero-order chi connectivity index (χ0) is 21.0. The zero-order valence-corrected chi connectivity index (χ0v) is 18.3. The molecule has 30 heavy (non-hydrogen) atoms. The SMILES string of the molecule is CN1CCN(c2ccccc2CNC(=O)C2(c3cccc(Cl)c3)CCOCC2)CC1. The van der Waals surface area contributed by atoms with Gasteiger partial charge in [-0.25, -0.2) is 0 Å². The van der Waals surface area contributed by atoms with Gasteiger partial charge in [0, 0.05) is 56.6 Å². The van der Waals surface area contributed by atoms with E-state index >= 15 is 0 Å². The predicted octanol–water partition coefficient (Wildman–Crippen LogP) is 3.46. The van der Waals surface area contributed by atoms with Gasteiger partial charge in [-0.15, -0.1) is 0 Å². The Hall–Kier alpha value is -2.08. The van der Waals surface area contributed by atoms with E-state index in [4.69, 9.17) is 16.3 Å². The molecule has 1 N–H and O–H groups in total. The topological polar surface area (TPSA) is 44.8 Å². The average Bonchev–Trinajstić information content (AvgIpc) is 2.79. The number of anilines is 1. The molecule has 2 aromatic carbocycles. The second-order valence-corrected chi connectivity index (χ2v) is 8.74. The molecule has 0 saturated carbocycles. The summed E-state index contributed by atoms with van der Waals surface area (Å²) in [5.74, 6) is 0.0567. The van der Waals surface area contributed by atoms with Crippen LogP contribution >= 0.6 is 11.6 Å².